The van der Waals surface area contributed by atoms with Crippen LogP contribution in [0, 0.1) is 0 Å². The zero-order valence-corrected chi connectivity index (χ0v) is 23.5. The second-order valence-electron chi connectivity index (χ2n) is 8.73. The lowest BCUT2D eigenvalue weighted by Crippen LogP contribution is -2.40. The zero-order valence-electron chi connectivity index (χ0n) is 21.9. The van der Waals surface area contributed by atoms with Crippen molar-refractivity contribution in [2.24, 2.45) is 4.99 Å². The summed E-state index contributed by atoms with van der Waals surface area (Å²) in [7, 11) is 4.09. The largest absolute Gasteiger partial charge is 0.496 e. The van der Waals surface area contributed by atoms with E-state index in [0.29, 0.717) is 54.0 Å². The highest BCUT2D eigenvalue weighted by Crippen LogP contribution is 2.37. The van der Waals surface area contributed by atoms with Crippen molar-refractivity contribution in [1.29, 1.82) is 0 Å². The molecule has 11 heteroatoms. The molecule has 204 valence electrons. The van der Waals surface area contributed by atoms with Crippen LogP contribution in [0.2, 0.25) is 5.02 Å². The molecule has 1 aliphatic rings. The van der Waals surface area contributed by atoms with Gasteiger partial charge in [-0.1, -0.05) is 35.1 Å². The molecule has 4 aromatic rings. The van der Waals surface area contributed by atoms with Gasteiger partial charge in [0.25, 0.3) is 5.56 Å². The molecule has 0 aliphatic carbocycles. The third-order valence-electron chi connectivity index (χ3n) is 6.38. The maximum Gasteiger partial charge on any atom is 0.338 e. The zero-order chi connectivity index (χ0) is 28.6. The van der Waals surface area contributed by atoms with Crippen LogP contribution >= 0.6 is 22.9 Å². The topological polar surface area (TPSA) is 109 Å². The Balaban J connectivity index is 1.64. The van der Waals surface area contributed by atoms with Crippen LogP contribution in [0.3, 0.4) is 0 Å². The molecule has 0 fully saturated rings. The molecule has 0 saturated heterocycles. The van der Waals surface area contributed by atoms with Gasteiger partial charge in [0.1, 0.15) is 23.3 Å². The third kappa shape index (κ3) is 4.87. The summed E-state index contributed by atoms with van der Waals surface area (Å²) >= 11 is 7.48. The molecule has 5 rings (SSSR count). The number of rotatable bonds is 6. The highest BCUT2D eigenvalue weighted by atomic mass is 35.5. The van der Waals surface area contributed by atoms with E-state index in [1.54, 1.807) is 67.6 Å². The van der Waals surface area contributed by atoms with E-state index < -0.39 is 18.0 Å². The summed E-state index contributed by atoms with van der Waals surface area (Å²) in [5.74, 6) is 0.305. The number of thiazole rings is 1. The Morgan fingerprint density at radius 1 is 1.05 bits per heavy atom. The van der Waals surface area contributed by atoms with E-state index >= 15 is 0 Å². The first-order chi connectivity index (χ1) is 19.2. The molecule has 0 saturated carbocycles. The maximum atomic E-state index is 13.8. The standard InChI is InChI=1S/C29H23ClN2O7S/c1-15-24(28(35)38-4)25(20-13-18(30)8-10-22(20)36-2)32-26(33)23(40-29(32)31-15)14-19-9-11-21(39-19)16-6-5-7-17(12-16)27(34)37-3/h5-14,25H,1-4H3/b23-14-/t25-/m0/s1. The minimum absolute atomic E-state index is 0.202. The number of benzene rings is 2. The number of esters is 2. The van der Waals surface area contributed by atoms with Gasteiger partial charge in [0.05, 0.1) is 42.7 Å². The Morgan fingerprint density at radius 2 is 1.82 bits per heavy atom. The van der Waals surface area contributed by atoms with Crippen molar-refractivity contribution in [2.45, 2.75) is 13.0 Å². The van der Waals surface area contributed by atoms with E-state index in [2.05, 4.69) is 4.99 Å². The molecular weight excluding hydrogens is 556 g/mol. The van der Waals surface area contributed by atoms with Gasteiger partial charge >= 0.3 is 11.9 Å². The highest BCUT2D eigenvalue weighted by Gasteiger charge is 2.35. The molecule has 1 aliphatic heterocycles. The number of hydrogen-bond donors (Lipinski definition) is 0. The number of ether oxygens (including phenoxy) is 3. The number of nitrogens with zero attached hydrogens (tertiary/aromatic N) is 2. The number of furan rings is 1. The number of hydrogen-bond acceptors (Lipinski definition) is 9. The maximum absolute atomic E-state index is 13.8. The minimum Gasteiger partial charge on any atom is -0.496 e. The fraction of sp³-hybridized carbons (Fsp3) is 0.172. The molecule has 0 spiro atoms. The Bertz CT molecular complexity index is 1870. The summed E-state index contributed by atoms with van der Waals surface area (Å²) in [6, 6.07) is 14.4. The molecular formula is C29H23ClN2O7S. The van der Waals surface area contributed by atoms with Crippen LogP contribution < -0.4 is 19.6 Å². The number of carbonyl (C=O) groups excluding carboxylic acids is 2. The Labute approximate surface area is 237 Å². The lowest BCUT2D eigenvalue weighted by atomic mass is 9.95. The predicted octanol–water partition coefficient (Wildman–Crippen LogP) is 4.12. The van der Waals surface area contributed by atoms with Crippen LogP contribution in [-0.2, 0) is 14.3 Å². The molecule has 2 aromatic carbocycles. The average molecular weight is 579 g/mol. The summed E-state index contributed by atoms with van der Waals surface area (Å²) in [6.45, 7) is 1.69. The van der Waals surface area contributed by atoms with E-state index in [4.69, 9.17) is 30.2 Å². The molecule has 0 bridgehead atoms. The van der Waals surface area contributed by atoms with Crippen molar-refractivity contribution in [1.82, 2.24) is 4.57 Å². The minimum atomic E-state index is -0.882. The number of methoxy groups -OCH3 is 3. The van der Waals surface area contributed by atoms with Crippen molar-refractivity contribution >= 4 is 41.0 Å². The summed E-state index contributed by atoms with van der Waals surface area (Å²) in [6.07, 6.45) is 1.61. The first-order valence-corrected chi connectivity index (χ1v) is 13.2. The average Bonchev–Trinajstić information content (AvgIpc) is 3.55. The second kappa shape index (κ2) is 11.0. The van der Waals surface area contributed by atoms with Gasteiger partial charge in [0, 0.05) is 22.2 Å². The Hall–Kier alpha value is -4.41. The van der Waals surface area contributed by atoms with Gasteiger partial charge in [-0.15, -0.1) is 0 Å². The number of aromatic nitrogens is 1. The normalized spacial score (nSPS) is 14.9. The molecule has 2 aromatic heterocycles. The van der Waals surface area contributed by atoms with E-state index in [-0.39, 0.29) is 11.1 Å². The van der Waals surface area contributed by atoms with Crippen LogP contribution in [-0.4, -0.2) is 37.8 Å². The van der Waals surface area contributed by atoms with E-state index in [1.165, 1.54) is 25.9 Å². The quantitative estimate of drug-likeness (QED) is 0.317. The van der Waals surface area contributed by atoms with E-state index in [1.807, 2.05) is 0 Å². The molecule has 1 atom stereocenters. The first-order valence-electron chi connectivity index (χ1n) is 12.0. The van der Waals surface area contributed by atoms with Gasteiger partial charge in [-0.05, 0) is 49.4 Å². The van der Waals surface area contributed by atoms with Crippen LogP contribution in [0.15, 0.2) is 80.1 Å². The molecule has 0 radical (unpaired) electrons. The van der Waals surface area contributed by atoms with Gasteiger partial charge in [0.15, 0.2) is 4.80 Å². The monoisotopic (exact) mass is 578 g/mol. The summed E-state index contributed by atoms with van der Waals surface area (Å²) in [4.78, 5) is 43.6. The van der Waals surface area contributed by atoms with E-state index in [9.17, 15) is 14.4 Å². The number of halogens is 1. The smallest absolute Gasteiger partial charge is 0.338 e. The number of allylic oxidation sites excluding steroid dienone is 1. The van der Waals surface area contributed by atoms with Crippen LogP contribution in [0.5, 0.6) is 5.75 Å². The first kappa shape index (κ1) is 27.2. The van der Waals surface area contributed by atoms with Crippen LogP contribution in [0.4, 0.5) is 0 Å². The SMILES string of the molecule is COC(=O)C1=C(C)N=c2s/c(=C\c3ccc(-c4cccc(C(=O)OC)c4)o3)c(=O)n2[C@H]1c1cc(Cl)ccc1OC. The summed E-state index contributed by atoms with van der Waals surface area (Å²) in [5.41, 5.74) is 1.82. The summed E-state index contributed by atoms with van der Waals surface area (Å²) in [5, 5.41) is 0.413. The molecule has 3 heterocycles. The van der Waals surface area contributed by atoms with Crippen molar-refractivity contribution < 1.29 is 28.2 Å². The molecule has 0 amide bonds. The van der Waals surface area contributed by atoms with Crippen molar-refractivity contribution in [3.63, 3.8) is 0 Å². The van der Waals surface area contributed by atoms with Gasteiger partial charge < -0.3 is 18.6 Å². The highest BCUT2D eigenvalue weighted by molar-refractivity contribution is 7.07. The van der Waals surface area contributed by atoms with E-state index in [0.717, 1.165) is 11.3 Å². The molecule has 9 nitrogen and oxygen atoms in total. The van der Waals surface area contributed by atoms with Crippen molar-refractivity contribution in [3.8, 4) is 17.1 Å². The lowest BCUT2D eigenvalue weighted by molar-refractivity contribution is -0.136. The van der Waals surface area contributed by atoms with Gasteiger partial charge in [-0.25, -0.2) is 14.6 Å². The number of carbonyl (C=O) groups is 2. The Morgan fingerprint density at radius 3 is 2.55 bits per heavy atom. The molecule has 0 unspecified atom stereocenters. The molecule has 40 heavy (non-hydrogen) atoms. The second-order valence-corrected chi connectivity index (χ2v) is 10.2. The van der Waals surface area contributed by atoms with Crippen LogP contribution in [0.1, 0.15) is 34.6 Å². The number of fused-ring (bicyclic) bond motifs is 1. The van der Waals surface area contributed by atoms with Gasteiger partial charge in [0.2, 0.25) is 0 Å². The van der Waals surface area contributed by atoms with Crippen LogP contribution in [0.25, 0.3) is 17.4 Å². The van der Waals surface area contributed by atoms with Crippen molar-refractivity contribution in [2.75, 3.05) is 21.3 Å². The third-order valence-corrected chi connectivity index (χ3v) is 7.60. The Kier molecular flexibility index (Phi) is 7.46. The van der Waals surface area contributed by atoms with Gasteiger partial charge in [-0.2, -0.15) is 0 Å². The van der Waals surface area contributed by atoms with Crippen molar-refractivity contribution in [3.05, 3.63) is 107 Å². The lowest BCUT2D eigenvalue weighted by Gasteiger charge is -2.25. The fourth-order valence-corrected chi connectivity index (χ4v) is 5.75. The fourth-order valence-electron chi connectivity index (χ4n) is 4.54. The molecule has 0 N–H and O–H groups in total. The predicted molar refractivity (Wildman–Crippen MR) is 149 cm³/mol. The summed E-state index contributed by atoms with van der Waals surface area (Å²) < 4.78 is 23.2. The van der Waals surface area contributed by atoms with Gasteiger partial charge in [-0.3, -0.25) is 9.36 Å².